The Bertz CT molecular complexity index is 215. The molecule has 0 bridgehead atoms. The smallest absolute Gasteiger partial charge is 0.340 e. The van der Waals surface area contributed by atoms with Gasteiger partial charge in [0, 0.05) is 11.6 Å². The van der Waals surface area contributed by atoms with Gasteiger partial charge in [0.25, 0.3) is 0 Å². The summed E-state index contributed by atoms with van der Waals surface area (Å²) in [7, 11) is 0. The first-order chi connectivity index (χ1) is 6.49. The zero-order valence-electron chi connectivity index (χ0n) is 9.13. The Kier molecular flexibility index (Phi) is 10.5. The maximum atomic E-state index is 10.5. The fraction of sp³-hybridized carbons (Fsp3) is 0.455. The molecular weight excluding hydrogens is 180 g/mol. The van der Waals surface area contributed by atoms with Crippen molar-refractivity contribution in [2.75, 3.05) is 0 Å². The van der Waals surface area contributed by atoms with Gasteiger partial charge in [-0.25, -0.2) is 9.59 Å². The normalized spacial score (nSPS) is 7.93. The Morgan fingerprint density at radius 3 is 1.93 bits per heavy atom. The minimum Gasteiger partial charge on any atom is -0.386 e. The molecule has 0 unspecified atom stereocenters. The number of hydrogen-bond donors (Lipinski definition) is 0. The van der Waals surface area contributed by atoms with E-state index in [1.807, 2.05) is 0 Å². The predicted molar refractivity (Wildman–Crippen MR) is 56.7 cm³/mol. The van der Waals surface area contributed by atoms with Crippen LogP contribution >= 0.6 is 0 Å². The summed E-state index contributed by atoms with van der Waals surface area (Å²) in [4.78, 5) is 20.8. The Labute approximate surface area is 85.5 Å². The highest BCUT2D eigenvalue weighted by Gasteiger charge is 2.06. The summed E-state index contributed by atoms with van der Waals surface area (Å²) in [6.45, 7) is 12.2. The maximum absolute atomic E-state index is 10.5. The molecule has 3 nitrogen and oxygen atoms in total. The van der Waals surface area contributed by atoms with Gasteiger partial charge < -0.3 is 4.74 Å². The largest absolute Gasteiger partial charge is 0.386 e. The highest BCUT2D eigenvalue weighted by atomic mass is 16.6. The second-order valence-corrected chi connectivity index (χ2v) is 2.69. The van der Waals surface area contributed by atoms with Crippen molar-refractivity contribution in [3.63, 3.8) is 0 Å². The highest BCUT2D eigenvalue weighted by Crippen LogP contribution is 1.92. The van der Waals surface area contributed by atoms with E-state index in [-0.39, 0.29) is 5.57 Å². The molecule has 3 heteroatoms. The molecule has 0 heterocycles. The Hall–Kier alpha value is -1.38. The molecule has 0 aromatic carbocycles. The van der Waals surface area contributed by atoms with Crippen LogP contribution in [-0.2, 0) is 14.3 Å². The van der Waals surface area contributed by atoms with Gasteiger partial charge in [0.15, 0.2) is 0 Å². The zero-order chi connectivity index (χ0) is 11.6. The van der Waals surface area contributed by atoms with Crippen molar-refractivity contribution in [1.82, 2.24) is 0 Å². The van der Waals surface area contributed by atoms with Crippen LogP contribution in [-0.4, -0.2) is 11.9 Å². The van der Waals surface area contributed by atoms with E-state index in [4.69, 9.17) is 0 Å². The summed E-state index contributed by atoms with van der Waals surface area (Å²) in [6.07, 6.45) is 3.56. The minimum absolute atomic E-state index is 0.190. The average Bonchev–Trinajstić information content (AvgIpc) is 2.17. The summed E-state index contributed by atoms with van der Waals surface area (Å²) in [5, 5.41) is 0. The minimum atomic E-state index is -0.756. The Morgan fingerprint density at radius 1 is 1.29 bits per heavy atom. The van der Waals surface area contributed by atoms with E-state index >= 15 is 0 Å². The number of carbonyl (C=O) groups is 2. The SMILES string of the molecule is C=CC(=O)OC(=O)C(=C)C.CCCC. The molecule has 0 aliphatic rings. The Morgan fingerprint density at radius 2 is 1.71 bits per heavy atom. The van der Waals surface area contributed by atoms with Crippen molar-refractivity contribution >= 4 is 11.9 Å². The van der Waals surface area contributed by atoms with E-state index in [0.717, 1.165) is 6.08 Å². The monoisotopic (exact) mass is 198 g/mol. The van der Waals surface area contributed by atoms with Crippen LogP contribution in [0.3, 0.4) is 0 Å². The molecule has 0 aliphatic carbocycles. The third-order valence-corrected chi connectivity index (χ3v) is 1.21. The summed E-state index contributed by atoms with van der Waals surface area (Å²) in [5.41, 5.74) is 0.190. The lowest BCUT2D eigenvalue weighted by Crippen LogP contribution is -2.09. The van der Waals surface area contributed by atoms with Gasteiger partial charge in [-0.15, -0.1) is 0 Å². The van der Waals surface area contributed by atoms with E-state index in [2.05, 4.69) is 31.7 Å². The molecule has 0 fully saturated rings. The molecule has 0 aromatic rings. The molecule has 0 aliphatic heterocycles. The van der Waals surface area contributed by atoms with Crippen LogP contribution in [0.15, 0.2) is 24.8 Å². The second kappa shape index (κ2) is 9.71. The lowest BCUT2D eigenvalue weighted by atomic mass is 10.4. The quantitative estimate of drug-likeness (QED) is 0.398. The van der Waals surface area contributed by atoms with Crippen LogP contribution in [0.1, 0.15) is 33.6 Å². The molecule has 14 heavy (non-hydrogen) atoms. The van der Waals surface area contributed by atoms with Gasteiger partial charge in [-0.1, -0.05) is 39.8 Å². The first-order valence-electron chi connectivity index (χ1n) is 4.53. The third-order valence-electron chi connectivity index (χ3n) is 1.21. The van der Waals surface area contributed by atoms with Crippen LogP contribution in [0.4, 0.5) is 0 Å². The van der Waals surface area contributed by atoms with Gasteiger partial charge in [0.05, 0.1) is 0 Å². The van der Waals surface area contributed by atoms with E-state index in [1.165, 1.54) is 19.8 Å². The van der Waals surface area contributed by atoms with Crippen LogP contribution < -0.4 is 0 Å². The van der Waals surface area contributed by atoms with E-state index in [0.29, 0.717) is 0 Å². The molecule has 0 rings (SSSR count). The van der Waals surface area contributed by atoms with Crippen molar-refractivity contribution in [2.24, 2.45) is 0 Å². The molecule has 0 N–H and O–H groups in total. The molecule has 0 saturated carbocycles. The summed E-state index contributed by atoms with van der Waals surface area (Å²) in [6, 6.07) is 0. The fourth-order valence-electron chi connectivity index (χ4n) is 0.220. The standard InChI is InChI=1S/C7H8O3.C4H10/c1-4-6(8)10-7(9)5(2)3;1-3-4-2/h4H,1-2H2,3H3;3-4H2,1-2H3. The average molecular weight is 198 g/mol. The molecule has 0 atom stereocenters. The first kappa shape index (κ1) is 15.1. The molecule has 0 aromatic heterocycles. The highest BCUT2D eigenvalue weighted by molar-refractivity contribution is 5.98. The van der Waals surface area contributed by atoms with Gasteiger partial charge in [0.2, 0.25) is 0 Å². The Balaban J connectivity index is 0. The number of ether oxygens (including phenoxy) is 1. The van der Waals surface area contributed by atoms with Gasteiger partial charge >= 0.3 is 11.9 Å². The van der Waals surface area contributed by atoms with E-state index in [9.17, 15) is 9.59 Å². The fourth-order valence-corrected chi connectivity index (χ4v) is 0.220. The predicted octanol–water partition coefficient (Wildman–Crippen LogP) is 2.62. The van der Waals surface area contributed by atoms with Crippen molar-refractivity contribution in [3.8, 4) is 0 Å². The lowest BCUT2D eigenvalue weighted by molar-refractivity contribution is -0.153. The van der Waals surface area contributed by atoms with Crippen molar-refractivity contribution in [1.29, 1.82) is 0 Å². The van der Waals surface area contributed by atoms with Crippen molar-refractivity contribution < 1.29 is 14.3 Å². The maximum Gasteiger partial charge on any atom is 0.340 e. The summed E-state index contributed by atoms with van der Waals surface area (Å²) < 4.78 is 4.17. The van der Waals surface area contributed by atoms with Crippen molar-refractivity contribution in [3.05, 3.63) is 24.8 Å². The lowest BCUT2D eigenvalue weighted by Gasteiger charge is -1.95. The van der Waals surface area contributed by atoms with Gasteiger partial charge in [-0.05, 0) is 6.92 Å². The second-order valence-electron chi connectivity index (χ2n) is 2.69. The molecule has 0 spiro atoms. The third kappa shape index (κ3) is 10.6. The van der Waals surface area contributed by atoms with Gasteiger partial charge in [-0.3, -0.25) is 0 Å². The van der Waals surface area contributed by atoms with Crippen LogP contribution in [0.2, 0.25) is 0 Å². The molecule has 0 amide bonds. The zero-order valence-corrected chi connectivity index (χ0v) is 9.13. The van der Waals surface area contributed by atoms with Gasteiger partial charge in [0.1, 0.15) is 0 Å². The number of carbonyl (C=O) groups excluding carboxylic acids is 2. The number of rotatable bonds is 3. The summed E-state index contributed by atoms with van der Waals surface area (Å²) in [5.74, 6) is -1.47. The number of unbranched alkanes of at least 4 members (excludes halogenated alkanes) is 1. The number of hydrogen-bond acceptors (Lipinski definition) is 3. The first-order valence-corrected chi connectivity index (χ1v) is 4.53. The summed E-state index contributed by atoms with van der Waals surface area (Å²) >= 11 is 0. The van der Waals surface area contributed by atoms with Crippen LogP contribution in [0.25, 0.3) is 0 Å². The molecule has 0 radical (unpaired) electrons. The van der Waals surface area contributed by atoms with E-state index < -0.39 is 11.9 Å². The topological polar surface area (TPSA) is 43.4 Å². The number of esters is 2. The van der Waals surface area contributed by atoms with Crippen molar-refractivity contribution in [2.45, 2.75) is 33.6 Å². The molecule has 80 valence electrons. The van der Waals surface area contributed by atoms with E-state index in [1.54, 1.807) is 0 Å². The van der Waals surface area contributed by atoms with Crippen LogP contribution in [0, 0.1) is 0 Å². The van der Waals surface area contributed by atoms with Gasteiger partial charge in [-0.2, -0.15) is 0 Å². The molecule has 0 saturated heterocycles. The van der Waals surface area contributed by atoms with Crippen LogP contribution in [0.5, 0.6) is 0 Å². The molecular formula is C11H18O3.